The Bertz CT molecular complexity index is 549. The van der Waals surface area contributed by atoms with E-state index in [4.69, 9.17) is 0 Å². The van der Waals surface area contributed by atoms with Crippen LogP contribution in [0.25, 0.3) is 11.0 Å². The molecule has 0 radical (unpaired) electrons. The summed E-state index contributed by atoms with van der Waals surface area (Å²) in [5.41, 5.74) is 0.685. The number of aromatic nitrogens is 2. The fourth-order valence-corrected chi connectivity index (χ4v) is 2.46. The van der Waals surface area contributed by atoms with Gasteiger partial charge in [-0.25, -0.2) is 13.8 Å². The number of aromatic amines is 1. The molecule has 0 atom stereocenters. The number of H-pyrrole nitrogens is 1. The number of nitrogens with one attached hydrogen (secondary N) is 1. The number of nitrogens with zero attached hydrogens (tertiary/aromatic N) is 1. The highest BCUT2D eigenvalue weighted by Gasteiger charge is 2.09. The number of imidazole rings is 1. The van der Waals surface area contributed by atoms with Crippen LogP contribution in [-0.4, -0.2) is 9.97 Å². The third-order valence-corrected chi connectivity index (χ3v) is 3.57. The molecule has 0 saturated carbocycles. The Balaban J connectivity index is 1.80. The van der Waals surface area contributed by atoms with E-state index >= 15 is 0 Å². The number of hydrogen-bond acceptors (Lipinski definition) is 1. The predicted molar refractivity (Wildman–Crippen MR) is 77.7 cm³/mol. The molecule has 1 N–H and O–H groups in total. The van der Waals surface area contributed by atoms with Crippen LogP contribution in [0.4, 0.5) is 8.78 Å². The molecule has 0 saturated heterocycles. The normalized spacial score (nSPS) is 11.3. The maximum Gasteiger partial charge on any atom is 0.153 e. The molecule has 1 aromatic heterocycles. The van der Waals surface area contributed by atoms with Crippen LogP contribution in [-0.2, 0) is 6.42 Å². The molecule has 1 aromatic carbocycles. The molecule has 2 nitrogen and oxygen atoms in total. The monoisotopic (exact) mass is 280 g/mol. The first kappa shape index (κ1) is 14.9. The van der Waals surface area contributed by atoms with E-state index in [0.717, 1.165) is 31.2 Å². The average Bonchev–Trinajstić information content (AvgIpc) is 2.81. The maximum absolute atomic E-state index is 13.5. The van der Waals surface area contributed by atoms with Crippen LogP contribution in [0.2, 0.25) is 0 Å². The zero-order valence-electron chi connectivity index (χ0n) is 12.0. The third kappa shape index (κ3) is 4.02. The zero-order chi connectivity index (χ0) is 14.4. The van der Waals surface area contributed by atoms with Crippen molar-refractivity contribution in [2.45, 2.75) is 58.3 Å². The first-order chi connectivity index (χ1) is 9.70. The molecule has 0 aliphatic rings. The largest absolute Gasteiger partial charge is 0.342 e. The van der Waals surface area contributed by atoms with Crippen LogP contribution in [0.5, 0.6) is 0 Å². The first-order valence-corrected chi connectivity index (χ1v) is 7.54. The van der Waals surface area contributed by atoms with Gasteiger partial charge in [0.05, 0.1) is 5.52 Å². The molecule has 0 amide bonds. The molecule has 2 rings (SSSR count). The Morgan fingerprint density at radius 1 is 1.00 bits per heavy atom. The number of halogens is 2. The molecule has 0 aliphatic heterocycles. The number of benzene rings is 1. The number of hydrogen-bond donors (Lipinski definition) is 1. The summed E-state index contributed by atoms with van der Waals surface area (Å²) in [6.45, 7) is 2.21. The Morgan fingerprint density at radius 3 is 2.45 bits per heavy atom. The molecule has 20 heavy (non-hydrogen) atoms. The highest BCUT2D eigenvalue weighted by Crippen LogP contribution is 2.18. The Hall–Kier alpha value is -1.45. The van der Waals surface area contributed by atoms with Gasteiger partial charge in [0, 0.05) is 12.5 Å². The maximum atomic E-state index is 13.5. The van der Waals surface area contributed by atoms with Crippen molar-refractivity contribution in [1.29, 1.82) is 0 Å². The van der Waals surface area contributed by atoms with Gasteiger partial charge in [0.25, 0.3) is 0 Å². The smallest absolute Gasteiger partial charge is 0.153 e. The summed E-state index contributed by atoms with van der Waals surface area (Å²) in [4.78, 5) is 7.20. The van der Waals surface area contributed by atoms with E-state index in [1.165, 1.54) is 38.2 Å². The molecule has 0 aliphatic carbocycles. The zero-order valence-corrected chi connectivity index (χ0v) is 12.0. The van der Waals surface area contributed by atoms with Crippen molar-refractivity contribution < 1.29 is 8.78 Å². The number of aryl methyl sites for hydroxylation is 1. The van der Waals surface area contributed by atoms with E-state index in [1.807, 2.05) is 0 Å². The van der Waals surface area contributed by atoms with Gasteiger partial charge in [-0.05, 0) is 12.5 Å². The predicted octanol–water partition coefficient (Wildman–Crippen LogP) is 5.13. The van der Waals surface area contributed by atoms with Crippen molar-refractivity contribution in [1.82, 2.24) is 9.97 Å². The number of unbranched alkanes of at least 4 members (excludes halogenated alkanes) is 6. The van der Waals surface area contributed by atoms with Crippen LogP contribution >= 0.6 is 0 Å². The molecule has 110 valence electrons. The summed E-state index contributed by atoms with van der Waals surface area (Å²) in [6, 6.07) is 2.17. The Morgan fingerprint density at radius 2 is 1.70 bits per heavy atom. The van der Waals surface area contributed by atoms with E-state index in [9.17, 15) is 8.78 Å². The summed E-state index contributed by atoms with van der Waals surface area (Å²) >= 11 is 0. The highest BCUT2D eigenvalue weighted by molar-refractivity contribution is 5.75. The molecule has 2 aromatic rings. The molecule has 0 bridgehead atoms. The highest BCUT2D eigenvalue weighted by atomic mass is 19.1. The van der Waals surface area contributed by atoms with Gasteiger partial charge in [-0.3, -0.25) is 0 Å². The summed E-state index contributed by atoms with van der Waals surface area (Å²) in [6.07, 6.45) is 9.41. The van der Waals surface area contributed by atoms with Crippen LogP contribution in [0.1, 0.15) is 57.7 Å². The summed E-state index contributed by atoms with van der Waals surface area (Å²) in [7, 11) is 0. The minimum atomic E-state index is -0.595. The standard InChI is InChI=1S/C16H22F2N2/c1-2-3-4-5-6-7-8-9-15-19-14-11-12(17)10-13(18)16(14)20-15/h10-11H,2-9H2,1H3,(H,19,20). The van der Waals surface area contributed by atoms with Gasteiger partial charge in [-0.15, -0.1) is 0 Å². The van der Waals surface area contributed by atoms with Gasteiger partial charge in [0.2, 0.25) is 0 Å². The van der Waals surface area contributed by atoms with Gasteiger partial charge in [0.15, 0.2) is 5.82 Å². The molecular formula is C16H22F2N2. The fraction of sp³-hybridized carbons (Fsp3) is 0.562. The van der Waals surface area contributed by atoms with Crippen molar-refractivity contribution in [2.75, 3.05) is 0 Å². The van der Waals surface area contributed by atoms with Gasteiger partial charge >= 0.3 is 0 Å². The Labute approximate surface area is 118 Å². The van der Waals surface area contributed by atoms with E-state index in [0.29, 0.717) is 5.52 Å². The van der Waals surface area contributed by atoms with Gasteiger partial charge < -0.3 is 4.98 Å². The van der Waals surface area contributed by atoms with Crippen LogP contribution < -0.4 is 0 Å². The molecule has 0 fully saturated rings. The second-order valence-corrected chi connectivity index (χ2v) is 5.34. The third-order valence-electron chi connectivity index (χ3n) is 3.57. The SMILES string of the molecule is CCCCCCCCCc1nc2c(F)cc(F)cc2[nH]1. The van der Waals surface area contributed by atoms with E-state index < -0.39 is 11.6 Å². The minimum absolute atomic E-state index is 0.240. The lowest BCUT2D eigenvalue weighted by Gasteiger charge is -1.99. The molecule has 1 heterocycles. The average molecular weight is 280 g/mol. The van der Waals surface area contributed by atoms with Crippen molar-refractivity contribution in [3.05, 3.63) is 29.6 Å². The molecule has 4 heteroatoms. The van der Waals surface area contributed by atoms with Gasteiger partial charge in [-0.1, -0.05) is 45.4 Å². The van der Waals surface area contributed by atoms with Crippen LogP contribution in [0, 0.1) is 11.6 Å². The summed E-state index contributed by atoms with van der Waals surface area (Å²) in [5.74, 6) is -0.416. The van der Waals surface area contributed by atoms with Crippen molar-refractivity contribution in [2.24, 2.45) is 0 Å². The number of fused-ring (bicyclic) bond motifs is 1. The van der Waals surface area contributed by atoms with Crippen molar-refractivity contribution in [3.63, 3.8) is 0 Å². The summed E-state index contributed by atoms with van der Waals surface area (Å²) in [5, 5.41) is 0. The van der Waals surface area contributed by atoms with Crippen molar-refractivity contribution in [3.8, 4) is 0 Å². The second kappa shape index (κ2) is 7.36. The summed E-state index contributed by atoms with van der Waals surface area (Å²) < 4.78 is 26.6. The lowest BCUT2D eigenvalue weighted by Crippen LogP contribution is -1.88. The Kier molecular flexibility index (Phi) is 5.50. The van der Waals surface area contributed by atoms with Crippen LogP contribution in [0.15, 0.2) is 12.1 Å². The minimum Gasteiger partial charge on any atom is -0.342 e. The number of rotatable bonds is 8. The molecular weight excluding hydrogens is 258 g/mol. The van der Waals surface area contributed by atoms with E-state index in [1.54, 1.807) is 0 Å². The van der Waals surface area contributed by atoms with E-state index in [2.05, 4.69) is 16.9 Å². The molecule has 0 spiro atoms. The quantitative estimate of drug-likeness (QED) is 0.667. The van der Waals surface area contributed by atoms with Gasteiger partial charge in [0.1, 0.15) is 17.2 Å². The van der Waals surface area contributed by atoms with E-state index in [-0.39, 0.29) is 5.52 Å². The van der Waals surface area contributed by atoms with Crippen molar-refractivity contribution >= 4 is 11.0 Å². The molecule has 0 unspecified atom stereocenters. The lowest BCUT2D eigenvalue weighted by atomic mass is 10.1. The van der Waals surface area contributed by atoms with Crippen LogP contribution in [0.3, 0.4) is 0 Å². The topological polar surface area (TPSA) is 28.7 Å². The lowest BCUT2D eigenvalue weighted by molar-refractivity contribution is 0.585. The second-order valence-electron chi connectivity index (χ2n) is 5.34. The van der Waals surface area contributed by atoms with Gasteiger partial charge in [-0.2, -0.15) is 0 Å². The fourth-order valence-electron chi connectivity index (χ4n) is 2.46. The first-order valence-electron chi connectivity index (χ1n) is 7.54.